The highest BCUT2D eigenvalue weighted by Crippen LogP contribution is 2.56. The Kier molecular flexibility index (Phi) is 6.72. The summed E-state index contributed by atoms with van der Waals surface area (Å²) in [6.45, 7) is 0. The molecule has 2 amide bonds. The van der Waals surface area contributed by atoms with Crippen LogP contribution in [0.1, 0.15) is 48.4 Å². The molecule has 1 saturated heterocycles. The minimum Gasteiger partial charge on any atom is -0.393 e. The molecule has 4 unspecified atom stereocenters. The molecule has 0 radical (unpaired) electrons. The maximum absolute atomic E-state index is 14.2. The summed E-state index contributed by atoms with van der Waals surface area (Å²) in [6, 6.07) is 24.5. The lowest BCUT2D eigenvalue weighted by Gasteiger charge is -2.35. The van der Waals surface area contributed by atoms with Crippen molar-refractivity contribution in [3.05, 3.63) is 101 Å². The molecule has 0 aromatic heterocycles. The average Bonchev–Trinajstić information content (AvgIpc) is 3.41. The molecule has 7 heteroatoms. The number of aliphatic hydroxyl groups excluding tert-OH is 1. The molecule has 3 aromatic carbocycles. The average molecular weight is 530 g/mol. The molecule has 4 N–H and O–H groups in total. The highest BCUT2D eigenvalue weighted by Gasteiger charge is 2.65. The Labute approximate surface area is 227 Å². The predicted octanol–water partition coefficient (Wildman–Crippen LogP) is 4.52. The van der Waals surface area contributed by atoms with Crippen LogP contribution in [-0.2, 0) is 21.4 Å². The van der Waals surface area contributed by atoms with E-state index in [1.807, 2.05) is 60.7 Å². The molecule has 2 fully saturated rings. The van der Waals surface area contributed by atoms with Crippen molar-refractivity contribution in [1.82, 2.24) is 10.6 Å². The molecule has 3 aromatic rings. The van der Waals surface area contributed by atoms with Crippen LogP contribution in [0.15, 0.2) is 78.9 Å². The molecule has 6 nitrogen and oxygen atoms in total. The van der Waals surface area contributed by atoms with Crippen LogP contribution in [-0.4, -0.2) is 35.1 Å². The monoisotopic (exact) mass is 529 g/mol. The zero-order valence-corrected chi connectivity index (χ0v) is 21.8. The molecule has 1 spiro atoms. The molecule has 6 rings (SSSR count). The number of fused-ring (bicyclic) bond motifs is 2. The number of anilines is 1. The summed E-state index contributed by atoms with van der Waals surface area (Å²) in [5, 5.41) is 20.5. The maximum atomic E-state index is 14.2. The summed E-state index contributed by atoms with van der Waals surface area (Å²) in [4.78, 5) is 28.2. The lowest BCUT2D eigenvalue weighted by molar-refractivity contribution is -0.126. The van der Waals surface area contributed by atoms with Gasteiger partial charge in [-0.15, -0.1) is 0 Å². The van der Waals surface area contributed by atoms with Crippen LogP contribution in [0.2, 0.25) is 5.02 Å². The largest absolute Gasteiger partial charge is 0.393 e. The second kappa shape index (κ2) is 10.2. The number of carbonyl (C=O) groups excluding carboxylic acids is 2. The molecule has 1 aliphatic carbocycles. The predicted molar refractivity (Wildman–Crippen MR) is 148 cm³/mol. The van der Waals surface area contributed by atoms with Crippen molar-refractivity contribution in [2.24, 2.45) is 5.92 Å². The molecule has 196 valence electrons. The van der Waals surface area contributed by atoms with E-state index >= 15 is 0 Å². The fourth-order valence-electron chi connectivity index (χ4n) is 6.81. The summed E-state index contributed by atoms with van der Waals surface area (Å²) in [5.41, 5.74) is 2.58. The zero-order valence-electron chi connectivity index (χ0n) is 21.1. The van der Waals surface area contributed by atoms with E-state index in [0.717, 1.165) is 29.5 Å². The lowest BCUT2D eigenvalue weighted by atomic mass is 9.64. The van der Waals surface area contributed by atoms with Gasteiger partial charge in [0.15, 0.2) is 0 Å². The van der Waals surface area contributed by atoms with E-state index in [-0.39, 0.29) is 29.9 Å². The SMILES string of the molecule is O=C(N[C@H]1CC[C@H](O)CC1)C1NC(c2ccccc2)C2(C(=O)Nc3cc(Cl)ccc32)C1Cc1ccccc1. The van der Waals surface area contributed by atoms with Gasteiger partial charge < -0.3 is 15.7 Å². The van der Waals surface area contributed by atoms with Gasteiger partial charge in [-0.3, -0.25) is 14.9 Å². The number of nitrogens with one attached hydrogen (secondary N) is 3. The number of aliphatic hydroxyl groups is 1. The fourth-order valence-corrected chi connectivity index (χ4v) is 6.98. The molecule has 1 saturated carbocycles. The van der Waals surface area contributed by atoms with Crippen molar-refractivity contribution in [1.29, 1.82) is 0 Å². The third-order valence-corrected chi connectivity index (χ3v) is 8.83. The number of halogens is 1. The molecule has 3 aliphatic rings. The third kappa shape index (κ3) is 4.31. The van der Waals surface area contributed by atoms with E-state index in [9.17, 15) is 14.7 Å². The molecular formula is C31H32ClN3O3. The second-order valence-electron chi connectivity index (χ2n) is 10.8. The summed E-state index contributed by atoms with van der Waals surface area (Å²) in [5.74, 6) is -0.569. The zero-order chi connectivity index (χ0) is 26.3. The molecule has 4 atom stereocenters. The fraction of sp³-hybridized carbons (Fsp3) is 0.355. The van der Waals surface area contributed by atoms with Crippen LogP contribution in [0.25, 0.3) is 0 Å². The first-order chi connectivity index (χ1) is 18.5. The minimum absolute atomic E-state index is 0.0142. The van der Waals surface area contributed by atoms with E-state index in [1.54, 1.807) is 6.07 Å². The first-order valence-electron chi connectivity index (χ1n) is 13.4. The summed E-state index contributed by atoms with van der Waals surface area (Å²) in [7, 11) is 0. The Bertz CT molecular complexity index is 1330. The molecule has 38 heavy (non-hydrogen) atoms. The van der Waals surface area contributed by atoms with Crippen LogP contribution < -0.4 is 16.0 Å². The third-order valence-electron chi connectivity index (χ3n) is 8.60. The molecule has 2 aliphatic heterocycles. The van der Waals surface area contributed by atoms with Crippen molar-refractivity contribution >= 4 is 29.1 Å². The van der Waals surface area contributed by atoms with Gasteiger partial charge in [0.2, 0.25) is 11.8 Å². The van der Waals surface area contributed by atoms with Gasteiger partial charge >= 0.3 is 0 Å². The van der Waals surface area contributed by atoms with Crippen molar-refractivity contribution in [2.75, 3.05) is 5.32 Å². The van der Waals surface area contributed by atoms with E-state index < -0.39 is 17.5 Å². The number of amides is 2. The minimum atomic E-state index is -1.01. The van der Waals surface area contributed by atoms with Crippen LogP contribution in [0, 0.1) is 5.92 Å². The quantitative estimate of drug-likeness (QED) is 0.391. The molecule has 2 heterocycles. The van der Waals surface area contributed by atoms with Crippen LogP contribution >= 0.6 is 11.6 Å². The number of rotatable bonds is 5. The topological polar surface area (TPSA) is 90.5 Å². The van der Waals surface area contributed by atoms with E-state index in [1.165, 1.54) is 0 Å². The number of benzene rings is 3. The normalized spacial score (nSPS) is 30.2. The van der Waals surface area contributed by atoms with Gasteiger partial charge in [0.25, 0.3) is 0 Å². The standard InChI is InChI=1S/C31H32ClN3O3/c32-21-11-16-24-26(18-21)34-30(38)31(24)25(17-19-7-3-1-4-8-19)27(35-28(31)20-9-5-2-6-10-20)29(37)33-22-12-14-23(36)15-13-22/h1-11,16,18,22-23,25,27-28,35-36H,12-15,17H2,(H,33,37)(H,34,38)/t22-,23-,25?,27?,28?,31?. The first kappa shape index (κ1) is 25.1. The number of hydrogen-bond donors (Lipinski definition) is 4. The second-order valence-corrected chi connectivity index (χ2v) is 11.2. The number of carbonyl (C=O) groups is 2. The van der Waals surface area contributed by atoms with Gasteiger partial charge in [0.1, 0.15) is 5.41 Å². The van der Waals surface area contributed by atoms with Crippen LogP contribution in [0.3, 0.4) is 0 Å². The van der Waals surface area contributed by atoms with E-state index in [4.69, 9.17) is 11.6 Å². The van der Waals surface area contributed by atoms with Gasteiger partial charge in [0.05, 0.1) is 18.2 Å². The van der Waals surface area contributed by atoms with Gasteiger partial charge in [0, 0.05) is 22.7 Å². The van der Waals surface area contributed by atoms with Gasteiger partial charge in [-0.2, -0.15) is 0 Å². The van der Waals surface area contributed by atoms with E-state index in [2.05, 4.69) is 28.1 Å². The van der Waals surface area contributed by atoms with E-state index in [0.29, 0.717) is 30.0 Å². The van der Waals surface area contributed by atoms with Crippen LogP contribution in [0.5, 0.6) is 0 Å². The highest BCUT2D eigenvalue weighted by molar-refractivity contribution is 6.31. The van der Waals surface area contributed by atoms with Crippen molar-refractivity contribution in [2.45, 2.75) is 61.7 Å². The lowest BCUT2D eigenvalue weighted by Crippen LogP contribution is -2.51. The van der Waals surface area contributed by atoms with Gasteiger partial charge in [-0.25, -0.2) is 0 Å². The highest BCUT2D eigenvalue weighted by atomic mass is 35.5. The Morgan fingerprint density at radius 1 is 0.974 bits per heavy atom. The van der Waals surface area contributed by atoms with Crippen molar-refractivity contribution in [3.8, 4) is 0 Å². The smallest absolute Gasteiger partial charge is 0.237 e. The Balaban J connectivity index is 1.47. The summed E-state index contributed by atoms with van der Waals surface area (Å²) >= 11 is 6.33. The summed E-state index contributed by atoms with van der Waals surface area (Å²) < 4.78 is 0. The first-order valence-corrected chi connectivity index (χ1v) is 13.8. The van der Waals surface area contributed by atoms with Gasteiger partial charge in [-0.05, 0) is 60.9 Å². The summed E-state index contributed by atoms with van der Waals surface area (Å²) in [6.07, 6.45) is 3.12. The van der Waals surface area contributed by atoms with Gasteiger partial charge in [-0.1, -0.05) is 78.3 Å². The van der Waals surface area contributed by atoms with Crippen LogP contribution in [0.4, 0.5) is 5.69 Å². The Morgan fingerprint density at radius 2 is 1.66 bits per heavy atom. The molecule has 0 bridgehead atoms. The van der Waals surface area contributed by atoms with Crippen molar-refractivity contribution in [3.63, 3.8) is 0 Å². The number of hydrogen-bond acceptors (Lipinski definition) is 4. The van der Waals surface area contributed by atoms with Crippen molar-refractivity contribution < 1.29 is 14.7 Å². The Morgan fingerprint density at radius 3 is 2.37 bits per heavy atom. The maximum Gasteiger partial charge on any atom is 0.237 e. The molecular weight excluding hydrogens is 498 g/mol. The Hall–Kier alpha value is -3.19.